The lowest BCUT2D eigenvalue weighted by molar-refractivity contribution is -0.870. The Morgan fingerprint density at radius 1 is 0.500 bits per heavy atom. The van der Waals surface area contributed by atoms with Crippen LogP contribution >= 0.6 is 7.82 Å². The van der Waals surface area contributed by atoms with Crippen LogP contribution in [0.2, 0.25) is 0 Å². The van der Waals surface area contributed by atoms with Gasteiger partial charge >= 0.3 is 13.8 Å². The Hall–Kier alpha value is -3.07. The highest BCUT2D eigenvalue weighted by Gasteiger charge is 2.30. The number of hydrogen-bond donors (Lipinski definition) is 2. The standard InChI is InChI=1S/C62H109N2O7P/c1-7-10-13-16-19-22-25-28-30-31-32-33-34-36-39-42-45-48-51-54-61(65)63-59(58-70-72(67,68)69-57-56-64(4,5)6)60(53-50-47-44-41-38-35-27-24-21-18-15-12-9-3)71-62(66)55-52-49-46-43-40-37-29-26-23-20-17-14-11-8-2/h10-11,13-14,19-20,22-23,28,30,32-33,36,39,50,53,59-60H,7-9,12,15-18,21,24-27,29,31,34-35,37-38,40-49,51-52,54-58H2,1-6H3,(H-,63,65,67,68)/p+1/b13-10-,14-11+,22-19-,23-20+,30-28-,33-32-,39-36-,53-50-. The topological polar surface area (TPSA) is 111 Å². The first-order chi connectivity index (χ1) is 34.9. The smallest absolute Gasteiger partial charge is 0.456 e. The molecule has 2 N–H and O–H groups in total. The summed E-state index contributed by atoms with van der Waals surface area (Å²) in [4.78, 5) is 37.6. The Morgan fingerprint density at radius 3 is 1.35 bits per heavy atom. The average Bonchev–Trinajstić information content (AvgIpc) is 3.34. The van der Waals surface area contributed by atoms with Crippen LogP contribution in [0.1, 0.15) is 233 Å². The molecule has 9 nitrogen and oxygen atoms in total. The highest BCUT2D eigenvalue weighted by molar-refractivity contribution is 7.47. The fourth-order valence-electron chi connectivity index (χ4n) is 7.83. The van der Waals surface area contributed by atoms with Crippen molar-refractivity contribution in [2.45, 2.75) is 245 Å². The van der Waals surface area contributed by atoms with E-state index in [-0.39, 0.29) is 37.9 Å². The number of unbranched alkanes of at least 4 members (excludes halogenated alkanes) is 21. The van der Waals surface area contributed by atoms with E-state index in [9.17, 15) is 19.0 Å². The van der Waals surface area contributed by atoms with Gasteiger partial charge in [0.2, 0.25) is 5.91 Å². The molecular weight excluding hydrogens is 916 g/mol. The average molecular weight is 1030 g/mol. The van der Waals surface area contributed by atoms with Gasteiger partial charge in [0.05, 0.1) is 33.8 Å². The molecule has 0 aromatic heterocycles. The molecule has 0 aliphatic carbocycles. The van der Waals surface area contributed by atoms with E-state index in [4.69, 9.17) is 13.8 Å². The lowest BCUT2D eigenvalue weighted by Crippen LogP contribution is -2.47. The normalized spacial score (nSPS) is 14.5. The minimum atomic E-state index is -4.46. The quantitative estimate of drug-likeness (QED) is 0.0205. The molecule has 0 fully saturated rings. The van der Waals surface area contributed by atoms with Gasteiger partial charge in [0.25, 0.3) is 0 Å². The van der Waals surface area contributed by atoms with Crippen LogP contribution < -0.4 is 5.32 Å². The van der Waals surface area contributed by atoms with Crippen molar-refractivity contribution in [3.63, 3.8) is 0 Å². The van der Waals surface area contributed by atoms with Crippen molar-refractivity contribution in [1.82, 2.24) is 5.32 Å². The lowest BCUT2D eigenvalue weighted by Gasteiger charge is -2.27. The van der Waals surface area contributed by atoms with Gasteiger partial charge in [0.15, 0.2) is 0 Å². The third kappa shape index (κ3) is 51.8. The van der Waals surface area contributed by atoms with Crippen molar-refractivity contribution < 1.29 is 37.3 Å². The van der Waals surface area contributed by atoms with E-state index in [1.807, 2.05) is 33.3 Å². The van der Waals surface area contributed by atoms with Crippen molar-refractivity contribution >= 4 is 19.7 Å². The number of amides is 1. The third-order valence-corrected chi connectivity index (χ3v) is 13.3. The maximum Gasteiger partial charge on any atom is 0.472 e. The van der Waals surface area contributed by atoms with Crippen LogP contribution in [0.25, 0.3) is 0 Å². The van der Waals surface area contributed by atoms with Gasteiger partial charge in [-0.25, -0.2) is 4.57 Å². The molecule has 1 amide bonds. The number of phosphoric acid groups is 1. The summed E-state index contributed by atoms with van der Waals surface area (Å²) in [5.74, 6) is -0.558. The van der Waals surface area contributed by atoms with Gasteiger partial charge in [-0.1, -0.05) is 215 Å². The van der Waals surface area contributed by atoms with Gasteiger partial charge in [-0.05, 0) is 102 Å². The fraction of sp³-hybridized carbons (Fsp3) is 0.710. The minimum Gasteiger partial charge on any atom is -0.456 e. The second kappa shape index (κ2) is 51.4. The molecule has 72 heavy (non-hydrogen) atoms. The molecule has 0 rings (SSSR count). The summed E-state index contributed by atoms with van der Waals surface area (Å²) in [6.07, 6.45) is 68.3. The number of ether oxygens (including phenoxy) is 1. The number of esters is 1. The summed E-state index contributed by atoms with van der Waals surface area (Å²) in [7, 11) is 1.45. The molecular formula is C62H110N2O7P+. The van der Waals surface area contributed by atoms with Crippen LogP contribution in [-0.4, -0.2) is 74.3 Å². The van der Waals surface area contributed by atoms with Gasteiger partial charge in [-0.2, -0.15) is 0 Å². The van der Waals surface area contributed by atoms with Crippen LogP contribution in [0.4, 0.5) is 0 Å². The molecule has 0 aromatic carbocycles. The molecule has 0 saturated carbocycles. The Morgan fingerprint density at radius 2 is 0.889 bits per heavy atom. The number of carbonyl (C=O) groups is 2. The second-order valence-corrected chi connectivity index (χ2v) is 21.9. The number of quaternary nitrogens is 1. The molecule has 0 aliphatic heterocycles. The molecule has 0 radical (unpaired) electrons. The zero-order chi connectivity index (χ0) is 52.9. The van der Waals surface area contributed by atoms with E-state index < -0.39 is 20.0 Å². The first kappa shape index (κ1) is 68.9. The van der Waals surface area contributed by atoms with Crippen molar-refractivity contribution in [3.05, 3.63) is 97.2 Å². The molecule has 414 valence electrons. The number of allylic oxidation sites excluding steroid dienone is 15. The van der Waals surface area contributed by atoms with Crippen LogP contribution in [0.15, 0.2) is 97.2 Å². The highest BCUT2D eigenvalue weighted by Crippen LogP contribution is 2.43. The summed E-state index contributed by atoms with van der Waals surface area (Å²) in [5.41, 5.74) is 0. The van der Waals surface area contributed by atoms with Gasteiger partial charge in [-0.15, -0.1) is 0 Å². The van der Waals surface area contributed by atoms with Gasteiger partial charge in [-0.3, -0.25) is 18.6 Å². The summed E-state index contributed by atoms with van der Waals surface area (Å²) in [6.45, 7) is 6.75. The molecule has 0 aliphatic rings. The Bertz CT molecular complexity index is 1560. The van der Waals surface area contributed by atoms with E-state index in [0.717, 1.165) is 116 Å². The molecule has 0 spiro atoms. The van der Waals surface area contributed by atoms with Gasteiger partial charge in [0, 0.05) is 12.8 Å². The van der Waals surface area contributed by atoms with E-state index in [0.29, 0.717) is 17.4 Å². The second-order valence-electron chi connectivity index (χ2n) is 20.4. The molecule has 0 aromatic rings. The van der Waals surface area contributed by atoms with Crippen LogP contribution in [0.5, 0.6) is 0 Å². The number of nitrogens with zero attached hydrogens (tertiary/aromatic N) is 1. The molecule has 3 atom stereocenters. The highest BCUT2D eigenvalue weighted by atomic mass is 31.2. The molecule has 0 saturated heterocycles. The summed E-state index contributed by atoms with van der Waals surface area (Å²) >= 11 is 0. The summed E-state index contributed by atoms with van der Waals surface area (Å²) in [5, 5.41) is 3.03. The number of carbonyl (C=O) groups excluding carboxylic acids is 2. The van der Waals surface area contributed by atoms with E-state index in [2.05, 4.69) is 111 Å². The van der Waals surface area contributed by atoms with E-state index in [1.54, 1.807) is 0 Å². The lowest BCUT2D eigenvalue weighted by atomic mass is 10.0. The number of phosphoric ester groups is 1. The van der Waals surface area contributed by atoms with Crippen LogP contribution in [-0.2, 0) is 27.9 Å². The Balaban J connectivity index is 5.43. The van der Waals surface area contributed by atoms with E-state index >= 15 is 0 Å². The molecule has 0 bridgehead atoms. The Kier molecular flexibility index (Phi) is 49.2. The monoisotopic (exact) mass is 1030 g/mol. The van der Waals surface area contributed by atoms with Crippen molar-refractivity contribution in [3.8, 4) is 0 Å². The number of likely N-dealkylation sites (N-methyl/N-ethyl adjacent to an activating group) is 1. The molecule has 10 heteroatoms. The minimum absolute atomic E-state index is 0.0275. The fourth-order valence-corrected chi connectivity index (χ4v) is 8.56. The maximum atomic E-state index is 13.5. The summed E-state index contributed by atoms with van der Waals surface area (Å²) < 4.78 is 30.6. The first-order valence-electron chi connectivity index (χ1n) is 29.1. The van der Waals surface area contributed by atoms with Gasteiger partial charge in [0.1, 0.15) is 19.3 Å². The predicted octanol–water partition coefficient (Wildman–Crippen LogP) is 17.6. The van der Waals surface area contributed by atoms with Crippen LogP contribution in [0.3, 0.4) is 0 Å². The zero-order valence-electron chi connectivity index (χ0n) is 47.1. The van der Waals surface area contributed by atoms with Crippen LogP contribution in [0, 0.1) is 0 Å². The summed E-state index contributed by atoms with van der Waals surface area (Å²) in [6, 6.07) is -0.874. The molecule has 3 unspecified atom stereocenters. The van der Waals surface area contributed by atoms with Crippen molar-refractivity contribution in [1.29, 1.82) is 0 Å². The predicted molar refractivity (Wildman–Crippen MR) is 309 cm³/mol. The largest absolute Gasteiger partial charge is 0.472 e. The maximum absolute atomic E-state index is 13.5. The number of hydrogen-bond acceptors (Lipinski definition) is 6. The SMILES string of the molecule is CC/C=C\C/C=C\C/C=C\C/C=C\C/C=C\CCCCCC(=O)NC(COP(=O)(O)OCC[N+](C)(C)C)C(/C=C\CCCCCCCCCCCCC)OC(=O)CCCCCCCCC/C=C/C/C=C/CC. The van der Waals surface area contributed by atoms with Gasteiger partial charge < -0.3 is 19.4 Å². The molecule has 0 heterocycles. The van der Waals surface area contributed by atoms with E-state index in [1.165, 1.54) is 77.0 Å². The number of nitrogens with one attached hydrogen (secondary N) is 1. The number of rotatable bonds is 51. The van der Waals surface area contributed by atoms with Crippen molar-refractivity contribution in [2.75, 3.05) is 40.9 Å². The first-order valence-corrected chi connectivity index (χ1v) is 30.6. The third-order valence-electron chi connectivity index (χ3n) is 12.3. The zero-order valence-corrected chi connectivity index (χ0v) is 48.0. The Labute approximate surface area is 443 Å². The van der Waals surface area contributed by atoms with Crippen molar-refractivity contribution in [2.24, 2.45) is 0 Å².